The highest BCUT2D eigenvalue weighted by Gasteiger charge is 2.26. The largest absolute Gasteiger partial charge is 0.333 e. The maximum absolute atomic E-state index is 13.3. The van der Waals surface area contributed by atoms with E-state index in [0.717, 1.165) is 17.7 Å². The second kappa shape index (κ2) is 7.83. The molecule has 0 saturated carbocycles. The Morgan fingerprint density at radius 1 is 1.03 bits per heavy atom. The number of hydrogen-bond acceptors (Lipinski definition) is 3. The summed E-state index contributed by atoms with van der Waals surface area (Å²) in [6.45, 7) is 1.57. The van der Waals surface area contributed by atoms with E-state index < -0.39 is 17.5 Å². The Labute approximate surface area is 165 Å². The van der Waals surface area contributed by atoms with Crippen molar-refractivity contribution < 1.29 is 18.4 Å². The van der Waals surface area contributed by atoms with Crippen LogP contribution in [0, 0.1) is 11.6 Å². The molecule has 4 rings (SSSR count). The smallest absolute Gasteiger partial charge is 0.276 e. The summed E-state index contributed by atoms with van der Waals surface area (Å²) in [5.41, 5.74) is 1.49. The molecule has 6 nitrogen and oxygen atoms in total. The van der Waals surface area contributed by atoms with Crippen molar-refractivity contribution >= 4 is 17.5 Å². The van der Waals surface area contributed by atoms with E-state index >= 15 is 0 Å². The van der Waals surface area contributed by atoms with E-state index in [2.05, 4.69) is 10.4 Å². The van der Waals surface area contributed by atoms with Crippen molar-refractivity contribution in [2.45, 2.75) is 19.5 Å². The maximum Gasteiger partial charge on any atom is 0.276 e. The predicted octanol–water partition coefficient (Wildman–Crippen LogP) is 3.46. The molecule has 2 amide bonds. The van der Waals surface area contributed by atoms with Crippen LogP contribution in [-0.4, -0.2) is 33.0 Å². The van der Waals surface area contributed by atoms with E-state index in [1.165, 1.54) is 16.8 Å². The first kappa shape index (κ1) is 18.8. The van der Waals surface area contributed by atoms with E-state index in [9.17, 15) is 18.4 Å². The van der Waals surface area contributed by atoms with Gasteiger partial charge < -0.3 is 10.2 Å². The Balaban J connectivity index is 1.53. The number of amides is 2. The predicted molar refractivity (Wildman–Crippen MR) is 102 cm³/mol. The quantitative estimate of drug-likeness (QED) is 0.735. The molecule has 29 heavy (non-hydrogen) atoms. The van der Waals surface area contributed by atoms with Crippen LogP contribution >= 0.6 is 0 Å². The molecule has 0 saturated heterocycles. The number of halogens is 2. The zero-order chi connectivity index (χ0) is 20.4. The molecule has 0 aliphatic carbocycles. The third-order valence-electron chi connectivity index (χ3n) is 4.71. The van der Waals surface area contributed by atoms with E-state index in [0.29, 0.717) is 31.7 Å². The van der Waals surface area contributed by atoms with Crippen LogP contribution in [0.3, 0.4) is 0 Å². The molecule has 0 fully saturated rings. The lowest BCUT2D eigenvalue weighted by molar-refractivity contribution is 0.0745. The minimum atomic E-state index is -1.06. The first-order valence-corrected chi connectivity index (χ1v) is 9.19. The number of aromatic nitrogens is 2. The molecular weight excluding hydrogens is 378 g/mol. The van der Waals surface area contributed by atoms with Crippen LogP contribution in [0.5, 0.6) is 0 Å². The number of nitrogens with zero attached hydrogens (tertiary/aromatic N) is 3. The number of benzene rings is 2. The topological polar surface area (TPSA) is 67.2 Å². The number of aryl methyl sites for hydroxylation is 1. The molecule has 0 spiro atoms. The van der Waals surface area contributed by atoms with Crippen LogP contribution in [0.25, 0.3) is 0 Å². The Hall–Kier alpha value is -3.55. The minimum Gasteiger partial charge on any atom is -0.333 e. The number of carbonyl (C=O) groups excluding carboxylic acids is 2. The lowest BCUT2D eigenvalue weighted by Gasteiger charge is -2.20. The molecule has 1 aliphatic rings. The molecular formula is C21H18F2N4O2. The average molecular weight is 396 g/mol. The lowest BCUT2D eigenvalue weighted by Crippen LogP contribution is -2.30. The van der Waals surface area contributed by atoms with Crippen LogP contribution in [0.2, 0.25) is 0 Å². The average Bonchev–Trinajstić information content (AvgIpc) is 3.09. The monoisotopic (exact) mass is 396 g/mol. The number of fused-ring (bicyclic) bond motifs is 1. The minimum absolute atomic E-state index is 0.0413. The molecule has 0 bridgehead atoms. The van der Waals surface area contributed by atoms with E-state index in [1.54, 1.807) is 4.90 Å². The fourth-order valence-electron chi connectivity index (χ4n) is 3.27. The van der Waals surface area contributed by atoms with Gasteiger partial charge in [0.15, 0.2) is 17.3 Å². The summed E-state index contributed by atoms with van der Waals surface area (Å²) >= 11 is 0. The molecule has 3 aromatic rings. The van der Waals surface area contributed by atoms with Gasteiger partial charge in [-0.25, -0.2) is 8.78 Å². The standard InChI is InChI=1S/C21H18F2N4O2/c22-16-8-7-15(11-17(16)23)24-20(28)18-12-19-21(29)26(9-4-10-27(19)25-18)13-14-5-2-1-3-6-14/h1-3,5-8,11-12H,4,9-10,13H2,(H,24,28). The fraction of sp³-hybridized carbons (Fsp3) is 0.190. The first-order chi connectivity index (χ1) is 14.0. The van der Waals surface area contributed by atoms with Crippen molar-refractivity contribution in [2.24, 2.45) is 0 Å². The summed E-state index contributed by atoms with van der Waals surface area (Å²) in [7, 11) is 0. The molecule has 0 atom stereocenters. The zero-order valence-corrected chi connectivity index (χ0v) is 15.4. The van der Waals surface area contributed by atoms with Gasteiger partial charge in [-0.1, -0.05) is 30.3 Å². The number of nitrogens with one attached hydrogen (secondary N) is 1. The van der Waals surface area contributed by atoms with Gasteiger partial charge >= 0.3 is 0 Å². The van der Waals surface area contributed by atoms with E-state index in [-0.39, 0.29) is 17.3 Å². The van der Waals surface area contributed by atoms with Crippen molar-refractivity contribution in [3.05, 3.63) is 83.2 Å². The normalized spacial score (nSPS) is 13.7. The Morgan fingerprint density at radius 3 is 2.59 bits per heavy atom. The Morgan fingerprint density at radius 2 is 1.83 bits per heavy atom. The van der Waals surface area contributed by atoms with Crippen LogP contribution in [0.4, 0.5) is 14.5 Å². The van der Waals surface area contributed by atoms with Crippen LogP contribution in [0.1, 0.15) is 33.0 Å². The second-order valence-corrected chi connectivity index (χ2v) is 6.79. The third kappa shape index (κ3) is 4.01. The summed E-state index contributed by atoms with van der Waals surface area (Å²) < 4.78 is 27.9. The molecule has 0 radical (unpaired) electrons. The van der Waals surface area contributed by atoms with Gasteiger partial charge in [-0.2, -0.15) is 5.10 Å². The van der Waals surface area contributed by atoms with Gasteiger partial charge in [-0.05, 0) is 24.1 Å². The number of carbonyl (C=O) groups is 2. The number of rotatable bonds is 4. The number of anilines is 1. The van der Waals surface area contributed by atoms with Gasteiger partial charge in [0.1, 0.15) is 5.69 Å². The first-order valence-electron chi connectivity index (χ1n) is 9.19. The van der Waals surface area contributed by atoms with Crippen LogP contribution in [0.15, 0.2) is 54.6 Å². The summed E-state index contributed by atoms with van der Waals surface area (Å²) in [4.78, 5) is 27.2. The number of hydrogen-bond donors (Lipinski definition) is 1. The van der Waals surface area contributed by atoms with Crippen molar-refractivity contribution in [2.75, 3.05) is 11.9 Å². The van der Waals surface area contributed by atoms with Gasteiger partial charge in [-0.15, -0.1) is 0 Å². The van der Waals surface area contributed by atoms with Crippen molar-refractivity contribution in [3.63, 3.8) is 0 Å². The van der Waals surface area contributed by atoms with Crippen LogP contribution < -0.4 is 5.32 Å². The van der Waals surface area contributed by atoms with Gasteiger partial charge in [0, 0.05) is 37.5 Å². The molecule has 1 N–H and O–H groups in total. The summed E-state index contributed by atoms with van der Waals surface area (Å²) in [6, 6.07) is 14.2. The van der Waals surface area contributed by atoms with Crippen molar-refractivity contribution in [1.82, 2.24) is 14.7 Å². The summed E-state index contributed by atoms with van der Waals surface area (Å²) in [6.07, 6.45) is 0.706. The van der Waals surface area contributed by atoms with Crippen LogP contribution in [-0.2, 0) is 13.1 Å². The highest BCUT2D eigenvalue weighted by atomic mass is 19.2. The SMILES string of the molecule is O=C(Nc1ccc(F)c(F)c1)c1cc2n(n1)CCCN(Cc1ccccc1)C2=O. The molecule has 0 unspecified atom stereocenters. The third-order valence-corrected chi connectivity index (χ3v) is 4.71. The lowest BCUT2D eigenvalue weighted by atomic mass is 10.2. The maximum atomic E-state index is 13.3. The van der Waals surface area contributed by atoms with E-state index in [1.807, 2.05) is 30.3 Å². The molecule has 1 aliphatic heterocycles. The molecule has 148 valence electrons. The van der Waals surface area contributed by atoms with Gasteiger partial charge in [0.25, 0.3) is 11.8 Å². The van der Waals surface area contributed by atoms with Gasteiger partial charge in [-0.3, -0.25) is 14.3 Å². The second-order valence-electron chi connectivity index (χ2n) is 6.79. The van der Waals surface area contributed by atoms with Gasteiger partial charge in [0.2, 0.25) is 0 Å². The summed E-state index contributed by atoms with van der Waals surface area (Å²) in [5.74, 6) is -2.86. The van der Waals surface area contributed by atoms with Crippen molar-refractivity contribution in [3.8, 4) is 0 Å². The highest BCUT2D eigenvalue weighted by Crippen LogP contribution is 2.18. The Kier molecular flexibility index (Phi) is 5.07. The Bertz CT molecular complexity index is 1070. The summed E-state index contributed by atoms with van der Waals surface area (Å²) in [5, 5.41) is 6.70. The van der Waals surface area contributed by atoms with Gasteiger partial charge in [0.05, 0.1) is 0 Å². The molecule has 2 heterocycles. The molecule has 8 heteroatoms. The van der Waals surface area contributed by atoms with Crippen molar-refractivity contribution in [1.29, 1.82) is 0 Å². The molecule has 2 aromatic carbocycles. The van der Waals surface area contributed by atoms with E-state index in [4.69, 9.17) is 0 Å². The zero-order valence-electron chi connectivity index (χ0n) is 15.4. The highest BCUT2D eigenvalue weighted by molar-refractivity contribution is 6.04. The fourth-order valence-corrected chi connectivity index (χ4v) is 3.27. The molecule has 1 aromatic heterocycles.